The lowest BCUT2D eigenvalue weighted by atomic mass is 10.0. The fourth-order valence-corrected chi connectivity index (χ4v) is 2.13. The summed E-state index contributed by atoms with van der Waals surface area (Å²) in [5.74, 6) is 0.0245. The molecule has 0 atom stereocenters. The minimum atomic E-state index is -0.137. The summed E-state index contributed by atoms with van der Waals surface area (Å²) in [5, 5.41) is 8.76. The van der Waals surface area contributed by atoms with Gasteiger partial charge in [0, 0.05) is 39.3 Å². The van der Waals surface area contributed by atoms with Gasteiger partial charge < -0.3 is 26.6 Å². The molecule has 3 amide bonds. The quantitative estimate of drug-likeness (QED) is 0.488. The van der Waals surface area contributed by atoms with E-state index in [1.165, 1.54) is 4.90 Å². The third-order valence-electron chi connectivity index (χ3n) is 3.29. The molecular weight excluding hydrogens is 270 g/mol. The molecule has 1 aromatic rings. The summed E-state index contributed by atoms with van der Waals surface area (Å²) in [6.07, 6.45) is 1.21. The average Bonchev–Trinajstić information content (AvgIpc) is 2.43. The van der Waals surface area contributed by atoms with Crippen LogP contribution in [-0.4, -0.2) is 44.0 Å². The number of rotatable bonds is 4. The van der Waals surface area contributed by atoms with Crippen LogP contribution in [0.3, 0.4) is 0 Å². The van der Waals surface area contributed by atoms with Crippen LogP contribution < -0.4 is 21.7 Å². The van der Waals surface area contributed by atoms with E-state index < -0.39 is 0 Å². The monoisotopic (exact) mass is 291 g/mol. The Morgan fingerprint density at radius 2 is 2.10 bits per heavy atom. The number of hydrogen-bond donors (Lipinski definition) is 4. The van der Waals surface area contributed by atoms with Crippen molar-refractivity contribution in [3.05, 3.63) is 17.7 Å². The Balaban J connectivity index is 1.93. The minimum absolute atomic E-state index is 0.0245. The van der Waals surface area contributed by atoms with Gasteiger partial charge in [-0.3, -0.25) is 4.79 Å². The van der Waals surface area contributed by atoms with Gasteiger partial charge in [-0.2, -0.15) is 0 Å². The Morgan fingerprint density at radius 1 is 1.33 bits per heavy atom. The maximum Gasteiger partial charge on any atom is 0.316 e. The largest absolute Gasteiger partial charge is 0.397 e. The lowest BCUT2D eigenvalue weighted by molar-refractivity contribution is -0.116. The molecule has 1 aliphatic rings. The van der Waals surface area contributed by atoms with Gasteiger partial charge in [0.1, 0.15) is 0 Å². The summed E-state index contributed by atoms with van der Waals surface area (Å²) < 4.78 is 0. The summed E-state index contributed by atoms with van der Waals surface area (Å²) in [6.45, 7) is 1.04. The van der Waals surface area contributed by atoms with Crippen molar-refractivity contribution in [3.8, 4) is 0 Å². The highest BCUT2D eigenvalue weighted by Crippen LogP contribution is 2.30. The van der Waals surface area contributed by atoms with E-state index >= 15 is 0 Å². The van der Waals surface area contributed by atoms with Crippen LogP contribution in [0.5, 0.6) is 0 Å². The number of urea groups is 1. The molecule has 21 heavy (non-hydrogen) atoms. The number of nitrogens with two attached hydrogens (primary N) is 1. The molecule has 7 heteroatoms. The molecule has 0 aliphatic carbocycles. The van der Waals surface area contributed by atoms with Gasteiger partial charge in [-0.15, -0.1) is 0 Å². The van der Waals surface area contributed by atoms with Crippen LogP contribution in [0, 0.1) is 0 Å². The third-order valence-corrected chi connectivity index (χ3v) is 3.29. The number of aryl methyl sites for hydroxylation is 1. The van der Waals surface area contributed by atoms with Crippen molar-refractivity contribution in [2.75, 3.05) is 43.6 Å². The van der Waals surface area contributed by atoms with Crippen molar-refractivity contribution in [1.29, 1.82) is 0 Å². The van der Waals surface area contributed by atoms with E-state index in [1.807, 2.05) is 12.1 Å². The number of carbonyl (C=O) groups is 2. The molecule has 2 rings (SSSR count). The van der Waals surface area contributed by atoms with Crippen molar-refractivity contribution in [1.82, 2.24) is 10.2 Å². The number of anilines is 3. The van der Waals surface area contributed by atoms with Crippen LogP contribution in [0.25, 0.3) is 0 Å². The summed E-state index contributed by atoms with van der Waals surface area (Å²) in [7, 11) is 3.37. The first kappa shape index (κ1) is 15.0. The molecule has 0 fully saturated rings. The highest BCUT2D eigenvalue weighted by Gasteiger charge is 2.16. The number of hydrogen-bond acceptors (Lipinski definition) is 4. The Morgan fingerprint density at radius 3 is 2.81 bits per heavy atom. The van der Waals surface area contributed by atoms with Crippen molar-refractivity contribution in [2.45, 2.75) is 12.8 Å². The van der Waals surface area contributed by atoms with E-state index in [2.05, 4.69) is 16.0 Å². The molecule has 0 saturated heterocycles. The van der Waals surface area contributed by atoms with Gasteiger partial charge in [0.05, 0.1) is 11.4 Å². The first-order chi connectivity index (χ1) is 9.97. The number of benzene rings is 1. The SMILES string of the molecule is CN(C)C(=O)NCCNc1cc2c(cc1N)CCC(=O)N2. The van der Waals surface area contributed by atoms with Gasteiger partial charge in [-0.05, 0) is 24.1 Å². The fourth-order valence-electron chi connectivity index (χ4n) is 2.13. The van der Waals surface area contributed by atoms with Crippen molar-refractivity contribution >= 4 is 29.0 Å². The summed E-state index contributed by atoms with van der Waals surface area (Å²) in [4.78, 5) is 24.2. The Kier molecular flexibility index (Phi) is 4.52. The number of nitrogens with zero attached hydrogens (tertiary/aromatic N) is 1. The molecule has 1 aromatic carbocycles. The Bertz CT molecular complexity index is 557. The topological polar surface area (TPSA) is 99.5 Å². The van der Waals surface area contributed by atoms with Crippen LogP contribution in [-0.2, 0) is 11.2 Å². The molecule has 114 valence electrons. The standard InChI is InChI=1S/C14H21N5O2/c1-19(2)14(21)17-6-5-16-12-8-11-9(7-10(12)15)3-4-13(20)18-11/h7-8,16H,3-6,15H2,1-2H3,(H,17,21)(H,18,20). The maximum atomic E-state index is 11.4. The maximum absolute atomic E-state index is 11.4. The molecular formula is C14H21N5O2. The number of amides is 3. The summed E-state index contributed by atoms with van der Waals surface area (Å²) in [6, 6.07) is 3.59. The zero-order valence-corrected chi connectivity index (χ0v) is 12.3. The minimum Gasteiger partial charge on any atom is -0.397 e. The predicted octanol–water partition coefficient (Wildman–Crippen LogP) is 0.837. The molecule has 0 saturated carbocycles. The van der Waals surface area contributed by atoms with E-state index in [4.69, 9.17) is 5.73 Å². The summed E-state index contributed by atoms with van der Waals surface area (Å²) in [5.41, 5.74) is 9.26. The van der Waals surface area contributed by atoms with Crippen LogP contribution in [0.4, 0.5) is 21.9 Å². The van der Waals surface area contributed by atoms with Crippen LogP contribution in [0.1, 0.15) is 12.0 Å². The molecule has 1 aliphatic heterocycles. The van der Waals surface area contributed by atoms with E-state index in [0.29, 0.717) is 31.6 Å². The highest BCUT2D eigenvalue weighted by molar-refractivity contribution is 5.95. The first-order valence-electron chi connectivity index (χ1n) is 6.88. The second-order valence-electron chi connectivity index (χ2n) is 5.20. The molecule has 0 spiro atoms. The average molecular weight is 291 g/mol. The molecule has 5 N–H and O–H groups in total. The van der Waals surface area contributed by atoms with E-state index in [9.17, 15) is 9.59 Å². The lowest BCUT2D eigenvalue weighted by Crippen LogP contribution is -2.37. The van der Waals surface area contributed by atoms with Crippen molar-refractivity contribution < 1.29 is 9.59 Å². The summed E-state index contributed by atoms with van der Waals surface area (Å²) >= 11 is 0. The van der Waals surface area contributed by atoms with Crippen molar-refractivity contribution in [3.63, 3.8) is 0 Å². The van der Waals surface area contributed by atoms with Crippen LogP contribution in [0.2, 0.25) is 0 Å². The number of nitrogen functional groups attached to an aromatic ring is 1. The third kappa shape index (κ3) is 3.77. The first-order valence-corrected chi connectivity index (χ1v) is 6.88. The zero-order chi connectivity index (χ0) is 15.4. The molecule has 0 aromatic heterocycles. The molecule has 1 heterocycles. The van der Waals surface area contributed by atoms with Gasteiger partial charge in [0.15, 0.2) is 0 Å². The molecule has 0 unspecified atom stereocenters. The van der Waals surface area contributed by atoms with Gasteiger partial charge in [-0.25, -0.2) is 4.79 Å². The highest BCUT2D eigenvalue weighted by atomic mass is 16.2. The van der Waals surface area contributed by atoms with E-state index in [-0.39, 0.29) is 11.9 Å². The Labute approximate surface area is 123 Å². The lowest BCUT2D eigenvalue weighted by Gasteiger charge is -2.20. The zero-order valence-electron chi connectivity index (χ0n) is 12.3. The van der Waals surface area contributed by atoms with E-state index in [1.54, 1.807) is 14.1 Å². The number of fused-ring (bicyclic) bond motifs is 1. The van der Waals surface area contributed by atoms with Gasteiger partial charge in [0.25, 0.3) is 0 Å². The van der Waals surface area contributed by atoms with Crippen molar-refractivity contribution in [2.24, 2.45) is 0 Å². The number of nitrogens with one attached hydrogen (secondary N) is 3. The second kappa shape index (κ2) is 6.34. The fraction of sp³-hybridized carbons (Fsp3) is 0.429. The van der Waals surface area contributed by atoms with Gasteiger partial charge in [-0.1, -0.05) is 0 Å². The normalized spacial score (nSPS) is 13.1. The molecule has 0 bridgehead atoms. The molecule has 0 radical (unpaired) electrons. The number of carbonyl (C=O) groups excluding carboxylic acids is 2. The van der Waals surface area contributed by atoms with Gasteiger partial charge in [0.2, 0.25) is 5.91 Å². The Hall–Kier alpha value is -2.44. The predicted molar refractivity (Wildman–Crippen MR) is 83.4 cm³/mol. The smallest absolute Gasteiger partial charge is 0.316 e. The van der Waals surface area contributed by atoms with Crippen LogP contribution >= 0.6 is 0 Å². The van der Waals surface area contributed by atoms with Gasteiger partial charge >= 0.3 is 6.03 Å². The molecule has 7 nitrogen and oxygen atoms in total. The second-order valence-corrected chi connectivity index (χ2v) is 5.20. The van der Waals surface area contributed by atoms with Crippen LogP contribution in [0.15, 0.2) is 12.1 Å². The van der Waals surface area contributed by atoms with E-state index in [0.717, 1.165) is 16.9 Å².